The number of alkyl halides is 6. The van der Waals surface area contributed by atoms with Crippen molar-refractivity contribution in [2.75, 3.05) is 32.8 Å². The van der Waals surface area contributed by atoms with Crippen LogP contribution >= 0.6 is 11.3 Å². The summed E-state index contributed by atoms with van der Waals surface area (Å²) in [5.41, 5.74) is -2.83. The first-order chi connectivity index (χ1) is 26.5. The summed E-state index contributed by atoms with van der Waals surface area (Å²) >= 11 is 0.481. The summed E-state index contributed by atoms with van der Waals surface area (Å²) in [6.07, 6.45) is -6.45. The molecule has 4 aromatic rings. The third kappa shape index (κ3) is 8.88. The van der Waals surface area contributed by atoms with E-state index in [-0.39, 0.29) is 67.5 Å². The Labute approximate surface area is 328 Å². The number of esters is 1. The van der Waals surface area contributed by atoms with Gasteiger partial charge in [0.05, 0.1) is 37.1 Å². The number of thiophene rings is 1. The SMILES string of the molecule is CC(C)(C)OC(=O)c1c(COC[C@@H]2CN(C(=O)c3cnn(Cc4ccc(F)cc4)c3)CC23CN(C(=O)C(C)(C)C(F)(F)F)C3)cccc1-c1ccc(C(F)(F)F)s1. The van der Waals surface area contributed by atoms with Crippen molar-refractivity contribution in [2.45, 2.75) is 65.7 Å². The number of carbonyl (C=O) groups excluding carboxylic acids is 3. The molecule has 0 aliphatic carbocycles. The summed E-state index contributed by atoms with van der Waals surface area (Å²) in [5, 5.41) is 4.27. The van der Waals surface area contributed by atoms with E-state index in [0.29, 0.717) is 16.9 Å². The summed E-state index contributed by atoms with van der Waals surface area (Å²) in [6, 6.07) is 12.7. The molecule has 2 aliphatic heterocycles. The van der Waals surface area contributed by atoms with Gasteiger partial charge in [-0.3, -0.25) is 14.3 Å². The number of rotatable bonds is 10. The molecule has 2 fully saturated rings. The van der Waals surface area contributed by atoms with Crippen molar-refractivity contribution in [3.8, 4) is 10.4 Å². The second-order valence-corrected chi connectivity index (χ2v) is 17.2. The van der Waals surface area contributed by atoms with Crippen molar-refractivity contribution < 1.29 is 54.6 Å². The molecular weight excluding hydrogens is 782 g/mol. The van der Waals surface area contributed by atoms with E-state index < -0.39 is 63.2 Å². The molecule has 6 rings (SSSR count). The van der Waals surface area contributed by atoms with Gasteiger partial charge in [-0.2, -0.15) is 31.4 Å². The van der Waals surface area contributed by atoms with E-state index >= 15 is 0 Å². The second kappa shape index (κ2) is 15.2. The average Bonchev–Trinajstić information content (AvgIpc) is 3.86. The molecule has 0 N–H and O–H groups in total. The van der Waals surface area contributed by atoms with Crippen LogP contribution in [0.15, 0.2) is 67.0 Å². The predicted molar refractivity (Wildman–Crippen MR) is 196 cm³/mol. The number of hydrogen-bond donors (Lipinski definition) is 0. The number of aromatic nitrogens is 2. The lowest BCUT2D eigenvalue weighted by atomic mass is 9.70. The Balaban J connectivity index is 1.23. The Hall–Kier alpha value is -4.77. The largest absolute Gasteiger partial charge is 0.456 e. The number of halogens is 7. The minimum Gasteiger partial charge on any atom is -0.456 e. The van der Waals surface area contributed by atoms with Crippen molar-refractivity contribution in [1.82, 2.24) is 19.6 Å². The molecule has 0 radical (unpaired) electrons. The normalized spacial score (nSPS) is 17.2. The number of nitrogens with zero attached hydrogens (tertiary/aromatic N) is 4. The van der Waals surface area contributed by atoms with Crippen molar-refractivity contribution in [2.24, 2.45) is 16.7 Å². The Morgan fingerprint density at radius 3 is 2.18 bits per heavy atom. The van der Waals surface area contributed by atoms with Gasteiger partial charge in [0, 0.05) is 54.1 Å². The number of hydrogen-bond acceptors (Lipinski definition) is 7. The molecule has 57 heavy (non-hydrogen) atoms. The van der Waals surface area contributed by atoms with E-state index in [1.807, 2.05) is 0 Å². The van der Waals surface area contributed by atoms with Crippen LogP contribution in [0.2, 0.25) is 0 Å². The molecular formula is C40H41F7N4O5S. The third-order valence-corrected chi connectivity index (χ3v) is 11.4. The summed E-state index contributed by atoms with van der Waals surface area (Å²) in [5.74, 6) is -3.11. The molecule has 1 atom stereocenters. The molecule has 2 amide bonds. The lowest BCUT2D eigenvalue weighted by Crippen LogP contribution is -2.66. The summed E-state index contributed by atoms with van der Waals surface area (Å²) in [6.45, 7) is 6.76. The van der Waals surface area contributed by atoms with Gasteiger partial charge in [0.25, 0.3) is 5.91 Å². The molecule has 9 nitrogen and oxygen atoms in total. The third-order valence-electron chi connectivity index (χ3n) is 10.3. The molecule has 2 saturated heterocycles. The highest BCUT2D eigenvalue weighted by atomic mass is 32.1. The van der Waals surface area contributed by atoms with E-state index in [1.54, 1.807) is 56.1 Å². The first-order valence-corrected chi connectivity index (χ1v) is 18.8. The van der Waals surface area contributed by atoms with E-state index in [1.165, 1.54) is 35.1 Å². The van der Waals surface area contributed by atoms with Crippen molar-refractivity contribution in [3.63, 3.8) is 0 Å². The standard InChI is InChI=1S/C40H41F7N4O5S/c1-36(2,3)56-34(53)32-25(7-6-8-29(32)30-13-14-31(57-30)39(42,43)44)19-55-20-27-18-49(21-38(27)22-50(23-38)35(54)37(4,5)40(45,46)47)33(52)26-15-48-51(17-26)16-24-9-11-28(41)12-10-24/h6-15,17,27H,16,18-23H2,1-5H3/t27-/m0/s1. The molecule has 4 heterocycles. The minimum absolute atomic E-state index is 0.0217. The average molecular weight is 823 g/mol. The Kier molecular flexibility index (Phi) is 11.2. The maximum atomic E-state index is 13.8. The fourth-order valence-corrected chi connectivity index (χ4v) is 8.02. The number of carbonyl (C=O) groups is 3. The van der Waals surface area contributed by atoms with Crippen LogP contribution < -0.4 is 0 Å². The Morgan fingerprint density at radius 2 is 1.56 bits per heavy atom. The van der Waals surface area contributed by atoms with Crippen LogP contribution in [0, 0.1) is 22.6 Å². The molecule has 1 spiro atoms. The molecule has 2 aromatic carbocycles. The highest BCUT2D eigenvalue weighted by molar-refractivity contribution is 7.15. The smallest absolute Gasteiger partial charge is 0.425 e. The Morgan fingerprint density at radius 1 is 0.895 bits per heavy atom. The van der Waals surface area contributed by atoms with Gasteiger partial charge in [0.1, 0.15) is 21.7 Å². The molecule has 17 heteroatoms. The van der Waals surface area contributed by atoms with Crippen LogP contribution in [0.5, 0.6) is 0 Å². The van der Waals surface area contributed by atoms with Gasteiger partial charge < -0.3 is 19.3 Å². The molecule has 0 unspecified atom stereocenters. The summed E-state index contributed by atoms with van der Waals surface area (Å²) < 4.78 is 109. The van der Waals surface area contributed by atoms with Crippen LogP contribution in [0.3, 0.4) is 0 Å². The number of ether oxygens (including phenoxy) is 2. The van der Waals surface area contributed by atoms with Gasteiger partial charge in [0.15, 0.2) is 0 Å². The van der Waals surface area contributed by atoms with Crippen LogP contribution in [-0.2, 0) is 33.6 Å². The quantitative estimate of drug-likeness (QED) is 0.118. The van der Waals surface area contributed by atoms with E-state index in [9.17, 15) is 45.1 Å². The van der Waals surface area contributed by atoms with Crippen molar-refractivity contribution in [1.29, 1.82) is 0 Å². The van der Waals surface area contributed by atoms with Gasteiger partial charge in [-0.1, -0.05) is 30.3 Å². The number of likely N-dealkylation sites (tertiary alicyclic amines) is 2. The lowest BCUT2D eigenvalue weighted by molar-refractivity contribution is -0.223. The maximum absolute atomic E-state index is 13.8. The fourth-order valence-electron chi connectivity index (χ4n) is 7.11. The minimum atomic E-state index is -4.79. The van der Waals surface area contributed by atoms with Gasteiger partial charge in [0.2, 0.25) is 5.91 Å². The van der Waals surface area contributed by atoms with E-state index in [0.717, 1.165) is 30.4 Å². The second-order valence-electron chi connectivity index (χ2n) is 16.1. The molecule has 2 aliphatic rings. The van der Waals surface area contributed by atoms with E-state index in [2.05, 4.69) is 5.10 Å². The highest BCUT2D eigenvalue weighted by Crippen LogP contribution is 2.48. The van der Waals surface area contributed by atoms with Crippen LogP contribution in [0.25, 0.3) is 10.4 Å². The zero-order chi connectivity index (χ0) is 41.7. The zero-order valence-electron chi connectivity index (χ0n) is 31.8. The van der Waals surface area contributed by atoms with Gasteiger partial charge >= 0.3 is 18.3 Å². The number of benzene rings is 2. The zero-order valence-corrected chi connectivity index (χ0v) is 32.6. The fraction of sp³-hybridized carbons (Fsp3) is 0.450. The van der Waals surface area contributed by atoms with Crippen molar-refractivity contribution >= 4 is 29.1 Å². The Bertz CT molecular complexity index is 2130. The maximum Gasteiger partial charge on any atom is 0.425 e. The van der Waals surface area contributed by atoms with Crippen LogP contribution in [0.4, 0.5) is 30.7 Å². The topological polar surface area (TPSA) is 94.0 Å². The monoisotopic (exact) mass is 822 g/mol. The van der Waals surface area contributed by atoms with Crippen molar-refractivity contribution in [3.05, 3.63) is 99.9 Å². The van der Waals surface area contributed by atoms with Gasteiger partial charge in [-0.15, -0.1) is 11.3 Å². The first-order valence-electron chi connectivity index (χ1n) is 18.0. The summed E-state index contributed by atoms with van der Waals surface area (Å²) in [4.78, 5) is 42.6. The van der Waals surface area contributed by atoms with E-state index in [4.69, 9.17) is 9.47 Å². The lowest BCUT2D eigenvalue weighted by Gasteiger charge is -2.52. The summed E-state index contributed by atoms with van der Waals surface area (Å²) in [7, 11) is 0. The highest BCUT2D eigenvalue weighted by Gasteiger charge is 2.61. The first kappa shape index (κ1) is 41.9. The molecule has 0 saturated carbocycles. The number of amides is 2. The molecule has 0 bridgehead atoms. The van der Waals surface area contributed by atoms with Gasteiger partial charge in [-0.25, -0.2) is 9.18 Å². The predicted octanol–water partition coefficient (Wildman–Crippen LogP) is 8.48. The van der Waals surface area contributed by atoms with Gasteiger partial charge in [-0.05, 0) is 70.0 Å². The van der Waals surface area contributed by atoms with Crippen LogP contribution in [-0.4, -0.2) is 81.9 Å². The molecule has 306 valence electrons. The molecule has 2 aromatic heterocycles. The van der Waals surface area contributed by atoms with Crippen LogP contribution in [0.1, 0.15) is 71.3 Å².